The molecule has 3 rings (SSSR count). The fraction of sp³-hybridized carbons (Fsp3) is 0.421. The van der Waals surface area contributed by atoms with Crippen LogP contribution < -0.4 is 5.32 Å². The van der Waals surface area contributed by atoms with Gasteiger partial charge in [-0.2, -0.15) is 4.31 Å². The zero-order valence-corrected chi connectivity index (χ0v) is 18.5. The van der Waals surface area contributed by atoms with E-state index in [-0.39, 0.29) is 35.8 Å². The molecule has 2 atom stereocenters. The molecule has 2 aromatic rings. The van der Waals surface area contributed by atoms with Crippen molar-refractivity contribution in [2.45, 2.75) is 37.9 Å². The number of carbonyl (C=O) groups is 2. The van der Waals surface area contributed by atoms with Crippen molar-refractivity contribution in [1.29, 1.82) is 0 Å². The highest BCUT2D eigenvalue weighted by Crippen LogP contribution is 2.22. The Bertz CT molecular complexity index is 1030. The number of thiazole rings is 1. The molecule has 0 aliphatic carbocycles. The van der Waals surface area contributed by atoms with Crippen molar-refractivity contribution in [1.82, 2.24) is 9.29 Å². The molecule has 2 heterocycles. The Morgan fingerprint density at radius 3 is 2.63 bits per heavy atom. The minimum absolute atomic E-state index is 0.0130. The number of aryl methyl sites for hydroxylation is 1. The molecular weight excluding hydrogens is 430 g/mol. The van der Waals surface area contributed by atoms with Crippen molar-refractivity contribution in [3.63, 3.8) is 0 Å². The number of hydrogen-bond acceptors (Lipinski definition) is 8. The summed E-state index contributed by atoms with van der Waals surface area (Å²) >= 11 is 1.26. The largest absolute Gasteiger partial charge is 0.452 e. The van der Waals surface area contributed by atoms with E-state index < -0.39 is 28.5 Å². The van der Waals surface area contributed by atoms with E-state index in [1.165, 1.54) is 39.9 Å². The topological polar surface area (TPSA) is 115 Å². The van der Waals surface area contributed by atoms with Gasteiger partial charge in [-0.05, 0) is 39.0 Å². The van der Waals surface area contributed by atoms with E-state index in [0.717, 1.165) is 5.69 Å². The first kappa shape index (κ1) is 22.3. The third-order valence-corrected chi connectivity index (χ3v) is 7.00. The molecule has 1 aliphatic rings. The third-order valence-electron chi connectivity index (χ3n) is 4.29. The van der Waals surface area contributed by atoms with Gasteiger partial charge >= 0.3 is 5.97 Å². The van der Waals surface area contributed by atoms with Gasteiger partial charge < -0.3 is 9.47 Å². The van der Waals surface area contributed by atoms with Gasteiger partial charge in [0, 0.05) is 18.5 Å². The summed E-state index contributed by atoms with van der Waals surface area (Å²) in [5, 5.41) is 4.73. The quantitative estimate of drug-likeness (QED) is 0.666. The predicted octanol–water partition coefficient (Wildman–Crippen LogP) is 2.04. The van der Waals surface area contributed by atoms with Crippen LogP contribution in [0.2, 0.25) is 0 Å². The van der Waals surface area contributed by atoms with Crippen molar-refractivity contribution in [3.05, 3.63) is 40.9 Å². The number of esters is 1. The molecule has 162 valence electrons. The summed E-state index contributed by atoms with van der Waals surface area (Å²) in [6, 6.07) is 5.59. The molecule has 1 N–H and O–H groups in total. The second-order valence-electron chi connectivity index (χ2n) is 7.03. The van der Waals surface area contributed by atoms with E-state index in [9.17, 15) is 18.0 Å². The standard InChI is InChI=1S/C19H23N3O6S2/c1-12-11-29-19(20-12)21-17(23)10-27-18(24)15-5-4-6-16(7-15)30(25,26)22-8-13(2)28-14(3)9-22/h4-7,11,13-14H,8-10H2,1-3H3,(H,20,21,23). The summed E-state index contributed by atoms with van der Waals surface area (Å²) in [6.07, 6.45) is -0.450. The molecule has 1 aromatic heterocycles. The van der Waals surface area contributed by atoms with Crippen LogP contribution >= 0.6 is 11.3 Å². The molecule has 1 amide bonds. The summed E-state index contributed by atoms with van der Waals surface area (Å²) in [4.78, 5) is 28.3. The molecule has 0 saturated carbocycles. The van der Waals surface area contributed by atoms with Crippen LogP contribution in [0.15, 0.2) is 34.5 Å². The van der Waals surface area contributed by atoms with Gasteiger partial charge in [-0.1, -0.05) is 6.07 Å². The summed E-state index contributed by atoms with van der Waals surface area (Å²) < 4.78 is 37.9. The Hall–Kier alpha value is -2.34. The normalized spacial score (nSPS) is 20.0. The molecule has 30 heavy (non-hydrogen) atoms. The summed E-state index contributed by atoms with van der Waals surface area (Å²) in [7, 11) is -3.79. The SMILES string of the molecule is Cc1csc(NC(=O)COC(=O)c2cccc(S(=O)(=O)N3CC(C)OC(C)C3)c2)n1. The zero-order chi connectivity index (χ0) is 21.9. The number of amides is 1. The van der Waals surface area contributed by atoms with Crippen LogP contribution in [0.25, 0.3) is 0 Å². The average Bonchev–Trinajstić information content (AvgIpc) is 3.10. The molecule has 1 aromatic carbocycles. The number of aromatic nitrogens is 1. The second-order valence-corrected chi connectivity index (χ2v) is 9.82. The van der Waals surface area contributed by atoms with Gasteiger partial charge in [0.25, 0.3) is 5.91 Å². The van der Waals surface area contributed by atoms with Crippen LogP contribution in [0.4, 0.5) is 5.13 Å². The minimum atomic E-state index is -3.79. The van der Waals surface area contributed by atoms with E-state index >= 15 is 0 Å². The Labute approximate surface area is 179 Å². The van der Waals surface area contributed by atoms with Crippen molar-refractivity contribution < 1.29 is 27.5 Å². The van der Waals surface area contributed by atoms with Crippen LogP contribution in [0.1, 0.15) is 29.9 Å². The fourth-order valence-corrected chi connectivity index (χ4v) is 5.38. The number of carbonyl (C=O) groups excluding carboxylic acids is 2. The summed E-state index contributed by atoms with van der Waals surface area (Å²) in [6.45, 7) is 5.38. The minimum Gasteiger partial charge on any atom is -0.452 e. The Balaban J connectivity index is 1.65. The number of nitrogens with zero attached hydrogens (tertiary/aromatic N) is 2. The maximum atomic E-state index is 13.0. The Morgan fingerprint density at radius 2 is 2.00 bits per heavy atom. The number of ether oxygens (including phenoxy) is 2. The average molecular weight is 454 g/mol. The molecule has 0 bridgehead atoms. The first-order valence-corrected chi connectivity index (χ1v) is 11.6. The number of nitrogens with one attached hydrogen (secondary N) is 1. The fourth-order valence-electron chi connectivity index (χ4n) is 3.04. The molecule has 1 fully saturated rings. The van der Waals surface area contributed by atoms with E-state index in [4.69, 9.17) is 9.47 Å². The van der Waals surface area contributed by atoms with Crippen LogP contribution in [0, 0.1) is 6.92 Å². The van der Waals surface area contributed by atoms with Crippen molar-refractivity contribution in [2.75, 3.05) is 25.0 Å². The Morgan fingerprint density at radius 1 is 1.30 bits per heavy atom. The highest BCUT2D eigenvalue weighted by Gasteiger charge is 2.32. The molecule has 9 nitrogen and oxygen atoms in total. The van der Waals surface area contributed by atoms with Gasteiger partial charge in [-0.25, -0.2) is 18.2 Å². The molecule has 1 aliphatic heterocycles. The number of benzene rings is 1. The molecular formula is C19H23N3O6S2. The maximum absolute atomic E-state index is 13.0. The molecule has 0 spiro atoms. The summed E-state index contributed by atoms with van der Waals surface area (Å²) in [5.41, 5.74) is 0.817. The van der Waals surface area contributed by atoms with Gasteiger partial charge in [-0.3, -0.25) is 10.1 Å². The molecule has 11 heteroatoms. The number of rotatable bonds is 6. The first-order valence-electron chi connectivity index (χ1n) is 9.30. The van der Waals surface area contributed by atoms with Crippen LogP contribution in [0.3, 0.4) is 0 Å². The van der Waals surface area contributed by atoms with Gasteiger partial charge in [0.2, 0.25) is 10.0 Å². The molecule has 1 saturated heterocycles. The monoisotopic (exact) mass is 453 g/mol. The number of morpholine rings is 1. The second kappa shape index (κ2) is 9.21. The van der Waals surface area contributed by atoms with Gasteiger partial charge in [0.05, 0.1) is 28.4 Å². The molecule has 2 unspecified atom stereocenters. The van der Waals surface area contributed by atoms with E-state index in [1.54, 1.807) is 12.3 Å². The third kappa shape index (κ3) is 5.42. The maximum Gasteiger partial charge on any atom is 0.338 e. The van der Waals surface area contributed by atoms with E-state index in [2.05, 4.69) is 10.3 Å². The number of sulfonamides is 1. The lowest BCUT2D eigenvalue weighted by Gasteiger charge is -2.34. The van der Waals surface area contributed by atoms with E-state index in [1.807, 2.05) is 13.8 Å². The number of anilines is 1. The van der Waals surface area contributed by atoms with Crippen molar-refractivity contribution in [3.8, 4) is 0 Å². The first-order chi connectivity index (χ1) is 14.1. The lowest BCUT2D eigenvalue weighted by atomic mass is 10.2. The van der Waals surface area contributed by atoms with Crippen LogP contribution in [0.5, 0.6) is 0 Å². The lowest BCUT2D eigenvalue weighted by molar-refractivity contribution is -0.119. The predicted molar refractivity (Wildman–Crippen MR) is 111 cm³/mol. The number of hydrogen-bond donors (Lipinski definition) is 1. The van der Waals surface area contributed by atoms with Crippen LogP contribution in [-0.4, -0.2) is 61.5 Å². The lowest BCUT2D eigenvalue weighted by Crippen LogP contribution is -2.48. The van der Waals surface area contributed by atoms with E-state index in [0.29, 0.717) is 5.13 Å². The van der Waals surface area contributed by atoms with Crippen molar-refractivity contribution >= 4 is 38.4 Å². The Kier molecular flexibility index (Phi) is 6.86. The highest BCUT2D eigenvalue weighted by atomic mass is 32.2. The highest BCUT2D eigenvalue weighted by molar-refractivity contribution is 7.89. The van der Waals surface area contributed by atoms with Crippen molar-refractivity contribution in [2.24, 2.45) is 0 Å². The molecule has 0 radical (unpaired) electrons. The smallest absolute Gasteiger partial charge is 0.338 e. The van der Waals surface area contributed by atoms with Gasteiger partial charge in [-0.15, -0.1) is 11.3 Å². The van der Waals surface area contributed by atoms with Gasteiger partial charge in [0.15, 0.2) is 11.7 Å². The summed E-state index contributed by atoms with van der Waals surface area (Å²) in [5.74, 6) is -1.32. The zero-order valence-electron chi connectivity index (χ0n) is 16.8. The van der Waals surface area contributed by atoms with Crippen LogP contribution in [-0.2, 0) is 24.3 Å². The van der Waals surface area contributed by atoms with Gasteiger partial charge in [0.1, 0.15) is 0 Å².